The quantitative estimate of drug-likeness (QED) is 0.419. The van der Waals surface area contributed by atoms with E-state index in [1.54, 1.807) is 35.2 Å². The Morgan fingerprint density at radius 1 is 1.31 bits per heavy atom. The van der Waals surface area contributed by atoms with Gasteiger partial charge in [0, 0.05) is 47.6 Å². The van der Waals surface area contributed by atoms with Crippen LogP contribution >= 0.6 is 23.1 Å². The van der Waals surface area contributed by atoms with Gasteiger partial charge in [-0.3, -0.25) is 14.9 Å². The predicted molar refractivity (Wildman–Crippen MR) is 107 cm³/mol. The highest BCUT2D eigenvalue weighted by Crippen LogP contribution is 2.31. The molecule has 0 spiro atoms. The van der Waals surface area contributed by atoms with E-state index in [9.17, 15) is 14.9 Å². The molecular weight excluding hydrogens is 370 g/mol. The van der Waals surface area contributed by atoms with E-state index in [-0.39, 0.29) is 11.6 Å². The van der Waals surface area contributed by atoms with Crippen molar-refractivity contribution in [3.63, 3.8) is 0 Å². The highest BCUT2D eigenvalue weighted by molar-refractivity contribution is 7.98. The van der Waals surface area contributed by atoms with E-state index in [0.29, 0.717) is 17.8 Å². The standard InChI is InChI=1S/C18H21N3O3S2/c22-18(19-7-11-25-13-15-4-3-10-26-15)14-5-6-16(17(12-14)21(23)24)20-8-1-2-9-20/h3-6,10,12H,1-2,7-9,11,13H2,(H,19,22). The average molecular weight is 392 g/mol. The van der Waals surface area contributed by atoms with Crippen LogP contribution in [-0.2, 0) is 5.75 Å². The number of hydrogen-bond acceptors (Lipinski definition) is 6. The summed E-state index contributed by atoms with van der Waals surface area (Å²) < 4.78 is 0. The maximum atomic E-state index is 12.3. The largest absolute Gasteiger partial charge is 0.366 e. The molecule has 0 saturated carbocycles. The van der Waals surface area contributed by atoms with Crippen LogP contribution in [0.25, 0.3) is 0 Å². The smallest absolute Gasteiger partial charge is 0.293 e. The number of benzene rings is 1. The van der Waals surface area contributed by atoms with E-state index in [1.807, 2.05) is 11.0 Å². The van der Waals surface area contributed by atoms with Crippen LogP contribution in [0.4, 0.5) is 11.4 Å². The number of nitro groups is 1. The van der Waals surface area contributed by atoms with Gasteiger partial charge in [0.05, 0.1) is 4.92 Å². The fourth-order valence-corrected chi connectivity index (χ4v) is 4.64. The molecule has 0 radical (unpaired) electrons. The zero-order chi connectivity index (χ0) is 18.4. The number of thiophene rings is 1. The molecule has 1 saturated heterocycles. The highest BCUT2D eigenvalue weighted by atomic mass is 32.2. The molecule has 138 valence electrons. The lowest BCUT2D eigenvalue weighted by Gasteiger charge is -2.17. The Balaban J connectivity index is 1.54. The number of thioether (sulfide) groups is 1. The maximum absolute atomic E-state index is 12.3. The van der Waals surface area contributed by atoms with Gasteiger partial charge in [-0.2, -0.15) is 11.8 Å². The highest BCUT2D eigenvalue weighted by Gasteiger charge is 2.23. The normalized spacial score (nSPS) is 13.8. The second kappa shape index (κ2) is 9.05. The van der Waals surface area contributed by atoms with E-state index in [2.05, 4.69) is 16.8 Å². The molecule has 1 aliphatic heterocycles. The molecule has 1 amide bonds. The summed E-state index contributed by atoms with van der Waals surface area (Å²) in [6.45, 7) is 2.19. The maximum Gasteiger partial charge on any atom is 0.293 e. The molecule has 0 aliphatic carbocycles. The zero-order valence-electron chi connectivity index (χ0n) is 14.3. The van der Waals surface area contributed by atoms with Crippen LogP contribution in [0.15, 0.2) is 35.7 Å². The number of carbonyl (C=O) groups is 1. The minimum absolute atomic E-state index is 0.00613. The molecule has 0 atom stereocenters. The van der Waals surface area contributed by atoms with Crippen molar-refractivity contribution in [1.82, 2.24) is 5.32 Å². The fourth-order valence-electron chi connectivity index (χ4n) is 2.94. The zero-order valence-corrected chi connectivity index (χ0v) is 16.0. The van der Waals surface area contributed by atoms with E-state index < -0.39 is 4.92 Å². The number of amides is 1. The van der Waals surface area contributed by atoms with Crippen molar-refractivity contribution < 1.29 is 9.72 Å². The third kappa shape index (κ3) is 4.76. The van der Waals surface area contributed by atoms with Gasteiger partial charge in [-0.15, -0.1) is 11.3 Å². The number of nitrogens with one attached hydrogen (secondary N) is 1. The molecule has 6 nitrogen and oxygen atoms in total. The third-order valence-electron chi connectivity index (χ3n) is 4.24. The molecule has 0 bridgehead atoms. The monoisotopic (exact) mass is 391 g/mol. The van der Waals surface area contributed by atoms with Crippen LogP contribution in [0.2, 0.25) is 0 Å². The van der Waals surface area contributed by atoms with Gasteiger partial charge in [0.15, 0.2) is 0 Å². The van der Waals surface area contributed by atoms with Crippen molar-refractivity contribution >= 4 is 40.4 Å². The number of anilines is 1. The first-order valence-corrected chi connectivity index (χ1v) is 10.6. The summed E-state index contributed by atoms with van der Waals surface area (Å²) in [6, 6.07) is 8.89. The second-order valence-corrected chi connectivity index (χ2v) is 8.18. The Morgan fingerprint density at radius 3 is 2.81 bits per heavy atom. The molecule has 2 aromatic rings. The minimum Gasteiger partial charge on any atom is -0.366 e. The number of carbonyl (C=O) groups excluding carboxylic acids is 1. The molecule has 1 aromatic carbocycles. The van der Waals surface area contributed by atoms with E-state index in [0.717, 1.165) is 37.4 Å². The van der Waals surface area contributed by atoms with E-state index in [4.69, 9.17) is 0 Å². The van der Waals surface area contributed by atoms with Gasteiger partial charge in [0.25, 0.3) is 11.6 Å². The number of rotatable bonds is 8. The third-order valence-corrected chi connectivity index (χ3v) is 6.30. The van der Waals surface area contributed by atoms with E-state index in [1.165, 1.54) is 10.9 Å². The van der Waals surface area contributed by atoms with Crippen LogP contribution in [0.5, 0.6) is 0 Å². The van der Waals surface area contributed by atoms with Crippen molar-refractivity contribution in [3.8, 4) is 0 Å². The molecule has 1 aromatic heterocycles. The Morgan fingerprint density at radius 2 is 2.12 bits per heavy atom. The van der Waals surface area contributed by atoms with Gasteiger partial charge < -0.3 is 10.2 Å². The Labute approximate surface area is 160 Å². The lowest BCUT2D eigenvalue weighted by Crippen LogP contribution is -2.26. The summed E-state index contributed by atoms with van der Waals surface area (Å²) in [5.74, 6) is 1.47. The van der Waals surface area contributed by atoms with Crippen molar-refractivity contribution in [2.45, 2.75) is 18.6 Å². The van der Waals surface area contributed by atoms with Crippen molar-refractivity contribution in [2.75, 3.05) is 30.3 Å². The number of nitrogens with zero attached hydrogens (tertiary/aromatic N) is 2. The van der Waals surface area contributed by atoms with Crippen LogP contribution < -0.4 is 10.2 Å². The van der Waals surface area contributed by atoms with Gasteiger partial charge in [0.2, 0.25) is 0 Å². The Hall–Kier alpha value is -2.06. The molecule has 2 heterocycles. The van der Waals surface area contributed by atoms with Crippen LogP contribution in [0.3, 0.4) is 0 Å². The summed E-state index contributed by atoms with van der Waals surface area (Å²) in [7, 11) is 0. The summed E-state index contributed by atoms with van der Waals surface area (Å²) in [5, 5.41) is 16.3. The van der Waals surface area contributed by atoms with Gasteiger partial charge in [0.1, 0.15) is 5.69 Å². The van der Waals surface area contributed by atoms with Crippen molar-refractivity contribution in [3.05, 3.63) is 56.3 Å². The SMILES string of the molecule is O=C(NCCSCc1cccs1)c1ccc(N2CCCC2)c([N+](=O)[O-])c1. The Bertz CT molecular complexity index is 759. The fraction of sp³-hybridized carbons (Fsp3) is 0.389. The first-order valence-electron chi connectivity index (χ1n) is 8.57. The minimum atomic E-state index is -0.401. The molecular formula is C18H21N3O3S2. The lowest BCUT2D eigenvalue weighted by atomic mass is 10.1. The Kier molecular flexibility index (Phi) is 6.51. The molecule has 1 aliphatic rings. The first kappa shape index (κ1) is 18.7. The number of hydrogen-bond donors (Lipinski definition) is 1. The first-order chi connectivity index (χ1) is 12.6. The van der Waals surface area contributed by atoms with Gasteiger partial charge in [-0.25, -0.2) is 0 Å². The summed E-state index contributed by atoms with van der Waals surface area (Å²) in [6.07, 6.45) is 2.09. The molecule has 0 unspecified atom stereocenters. The van der Waals surface area contributed by atoms with Crippen molar-refractivity contribution in [1.29, 1.82) is 0 Å². The predicted octanol–water partition coefficient (Wildman–Crippen LogP) is 3.92. The lowest BCUT2D eigenvalue weighted by molar-refractivity contribution is -0.384. The van der Waals surface area contributed by atoms with Crippen LogP contribution in [0.1, 0.15) is 28.1 Å². The van der Waals surface area contributed by atoms with Crippen LogP contribution in [-0.4, -0.2) is 36.2 Å². The van der Waals surface area contributed by atoms with E-state index >= 15 is 0 Å². The molecule has 3 rings (SSSR count). The van der Waals surface area contributed by atoms with Crippen LogP contribution in [0, 0.1) is 10.1 Å². The molecule has 1 N–H and O–H groups in total. The molecule has 1 fully saturated rings. The summed E-state index contributed by atoms with van der Waals surface area (Å²) >= 11 is 3.48. The number of nitro benzene ring substituents is 1. The second-order valence-electron chi connectivity index (χ2n) is 6.04. The van der Waals surface area contributed by atoms with Gasteiger partial charge >= 0.3 is 0 Å². The van der Waals surface area contributed by atoms with Gasteiger partial charge in [-0.05, 0) is 36.4 Å². The summed E-state index contributed by atoms with van der Waals surface area (Å²) in [5.41, 5.74) is 0.949. The molecule has 26 heavy (non-hydrogen) atoms. The molecule has 8 heteroatoms. The summed E-state index contributed by atoms with van der Waals surface area (Å²) in [4.78, 5) is 26.6. The average Bonchev–Trinajstić information content (AvgIpc) is 3.34. The van der Waals surface area contributed by atoms with Gasteiger partial charge in [-0.1, -0.05) is 6.07 Å². The topological polar surface area (TPSA) is 75.5 Å². The van der Waals surface area contributed by atoms with Crippen molar-refractivity contribution in [2.24, 2.45) is 0 Å².